The van der Waals surface area contributed by atoms with Crippen LogP contribution in [-0.4, -0.2) is 22.0 Å². The zero-order chi connectivity index (χ0) is 10.7. The van der Waals surface area contributed by atoms with E-state index in [4.69, 9.17) is 0 Å². The standard InChI is InChI=1S/C11H18N2S2/c1-8(11-12-5-7-15-11)13-10-4-3-6-14-9(10)2/h5,7-10,13H,3-4,6H2,1-2H3. The summed E-state index contributed by atoms with van der Waals surface area (Å²) in [7, 11) is 0. The Morgan fingerprint density at radius 2 is 2.47 bits per heavy atom. The molecule has 1 N–H and O–H groups in total. The number of aromatic nitrogens is 1. The molecule has 3 atom stereocenters. The zero-order valence-electron chi connectivity index (χ0n) is 9.27. The number of thiazole rings is 1. The first-order valence-corrected chi connectivity index (χ1v) is 7.47. The van der Waals surface area contributed by atoms with E-state index in [0.717, 1.165) is 5.25 Å². The molecular weight excluding hydrogens is 224 g/mol. The molecule has 0 aliphatic carbocycles. The third kappa shape index (κ3) is 2.95. The zero-order valence-corrected chi connectivity index (χ0v) is 10.9. The molecule has 1 saturated heterocycles. The van der Waals surface area contributed by atoms with Crippen molar-refractivity contribution in [2.24, 2.45) is 0 Å². The van der Waals surface area contributed by atoms with Crippen molar-refractivity contribution in [1.29, 1.82) is 0 Å². The summed E-state index contributed by atoms with van der Waals surface area (Å²) in [6, 6.07) is 1.05. The van der Waals surface area contributed by atoms with Gasteiger partial charge >= 0.3 is 0 Å². The molecule has 15 heavy (non-hydrogen) atoms. The molecule has 0 saturated carbocycles. The molecule has 2 nitrogen and oxygen atoms in total. The summed E-state index contributed by atoms with van der Waals surface area (Å²) in [6.07, 6.45) is 4.54. The fraction of sp³-hybridized carbons (Fsp3) is 0.727. The molecule has 3 unspecified atom stereocenters. The van der Waals surface area contributed by atoms with Gasteiger partial charge in [0.25, 0.3) is 0 Å². The molecule has 0 amide bonds. The fourth-order valence-electron chi connectivity index (χ4n) is 1.98. The first kappa shape index (κ1) is 11.4. The van der Waals surface area contributed by atoms with Crippen LogP contribution in [0, 0.1) is 0 Å². The molecule has 1 fully saturated rings. The maximum Gasteiger partial charge on any atom is 0.109 e. The summed E-state index contributed by atoms with van der Waals surface area (Å²) in [4.78, 5) is 4.36. The average Bonchev–Trinajstić information content (AvgIpc) is 2.74. The van der Waals surface area contributed by atoms with Crippen molar-refractivity contribution in [3.63, 3.8) is 0 Å². The van der Waals surface area contributed by atoms with Crippen LogP contribution in [0.1, 0.15) is 37.7 Å². The van der Waals surface area contributed by atoms with E-state index in [1.165, 1.54) is 23.6 Å². The third-order valence-electron chi connectivity index (χ3n) is 2.89. The van der Waals surface area contributed by atoms with E-state index in [1.807, 2.05) is 11.6 Å². The first-order valence-electron chi connectivity index (χ1n) is 5.54. The van der Waals surface area contributed by atoms with Crippen LogP contribution < -0.4 is 5.32 Å². The Bertz CT molecular complexity index is 287. The van der Waals surface area contributed by atoms with E-state index in [-0.39, 0.29) is 0 Å². The smallest absolute Gasteiger partial charge is 0.109 e. The van der Waals surface area contributed by atoms with Crippen LogP contribution in [0.25, 0.3) is 0 Å². The highest BCUT2D eigenvalue weighted by atomic mass is 32.2. The van der Waals surface area contributed by atoms with Crippen molar-refractivity contribution >= 4 is 23.1 Å². The van der Waals surface area contributed by atoms with Crippen molar-refractivity contribution in [3.05, 3.63) is 16.6 Å². The van der Waals surface area contributed by atoms with E-state index < -0.39 is 0 Å². The van der Waals surface area contributed by atoms with Gasteiger partial charge in [-0.2, -0.15) is 11.8 Å². The molecule has 1 aromatic heterocycles. The van der Waals surface area contributed by atoms with Gasteiger partial charge in [-0.05, 0) is 25.5 Å². The molecule has 1 aromatic rings. The Balaban J connectivity index is 1.90. The van der Waals surface area contributed by atoms with Gasteiger partial charge in [0.15, 0.2) is 0 Å². The lowest BCUT2D eigenvalue weighted by Gasteiger charge is -2.31. The molecule has 4 heteroatoms. The van der Waals surface area contributed by atoms with E-state index >= 15 is 0 Å². The Morgan fingerprint density at radius 1 is 1.60 bits per heavy atom. The Kier molecular flexibility index (Phi) is 4.05. The van der Waals surface area contributed by atoms with Crippen LogP contribution in [0.2, 0.25) is 0 Å². The van der Waals surface area contributed by atoms with Crippen molar-refractivity contribution < 1.29 is 0 Å². The average molecular weight is 242 g/mol. The van der Waals surface area contributed by atoms with Gasteiger partial charge in [0, 0.05) is 22.9 Å². The first-order chi connectivity index (χ1) is 7.27. The number of hydrogen-bond donors (Lipinski definition) is 1. The maximum atomic E-state index is 4.36. The third-order valence-corrected chi connectivity index (χ3v) is 5.23. The van der Waals surface area contributed by atoms with Gasteiger partial charge in [-0.1, -0.05) is 6.92 Å². The van der Waals surface area contributed by atoms with E-state index in [1.54, 1.807) is 11.3 Å². The second kappa shape index (κ2) is 5.32. The van der Waals surface area contributed by atoms with Crippen LogP contribution in [-0.2, 0) is 0 Å². The largest absolute Gasteiger partial charge is 0.304 e. The molecular formula is C11H18N2S2. The van der Waals surface area contributed by atoms with Crippen LogP contribution in [0.3, 0.4) is 0 Å². The summed E-state index contributed by atoms with van der Waals surface area (Å²) in [5.41, 5.74) is 0. The number of nitrogens with zero attached hydrogens (tertiary/aromatic N) is 1. The maximum absolute atomic E-state index is 4.36. The van der Waals surface area contributed by atoms with Crippen molar-refractivity contribution in [1.82, 2.24) is 10.3 Å². The molecule has 0 aromatic carbocycles. The number of hydrogen-bond acceptors (Lipinski definition) is 4. The van der Waals surface area contributed by atoms with Gasteiger partial charge in [0.05, 0.1) is 6.04 Å². The second-order valence-electron chi connectivity index (χ2n) is 4.08. The highest BCUT2D eigenvalue weighted by Crippen LogP contribution is 2.27. The molecule has 84 valence electrons. The predicted octanol–water partition coefficient (Wildman–Crippen LogP) is 3.08. The second-order valence-corrected chi connectivity index (χ2v) is 6.49. The molecule has 0 bridgehead atoms. The monoisotopic (exact) mass is 242 g/mol. The highest BCUT2D eigenvalue weighted by molar-refractivity contribution is 7.99. The highest BCUT2D eigenvalue weighted by Gasteiger charge is 2.23. The van der Waals surface area contributed by atoms with Gasteiger partial charge in [-0.3, -0.25) is 0 Å². The lowest BCUT2D eigenvalue weighted by molar-refractivity contribution is 0.416. The molecule has 0 spiro atoms. The van der Waals surface area contributed by atoms with Crippen molar-refractivity contribution in [3.8, 4) is 0 Å². The van der Waals surface area contributed by atoms with Crippen LogP contribution in [0.5, 0.6) is 0 Å². The Hall–Kier alpha value is -0.0600. The van der Waals surface area contributed by atoms with E-state index in [2.05, 4.69) is 35.9 Å². The van der Waals surface area contributed by atoms with Crippen LogP contribution in [0.15, 0.2) is 11.6 Å². The number of nitrogens with one attached hydrogen (secondary N) is 1. The SMILES string of the molecule is CC(NC1CCCSC1C)c1nccs1. The molecule has 2 heterocycles. The summed E-state index contributed by atoms with van der Waals surface area (Å²) in [5, 5.41) is 7.69. The minimum Gasteiger partial charge on any atom is -0.304 e. The van der Waals surface area contributed by atoms with Gasteiger partial charge in [-0.25, -0.2) is 4.98 Å². The van der Waals surface area contributed by atoms with E-state index in [0.29, 0.717) is 12.1 Å². The molecule has 1 aliphatic heterocycles. The van der Waals surface area contributed by atoms with Crippen molar-refractivity contribution in [2.75, 3.05) is 5.75 Å². The molecule has 1 aliphatic rings. The van der Waals surface area contributed by atoms with Crippen LogP contribution in [0.4, 0.5) is 0 Å². The van der Waals surface area contributed by atoms with Gasteiger partial charge in [0.1, 0.15) is 5.01 Å². The van der Waals surface area contributed by atoms with Gasteiger partial charge < -0.3 is 5.32 Å². The topological polar surface area (TPSA) is 24.9 Å². The summed E-state index contributed by atoms with van der Waals surface area (Å²) in [5.74, 6) is 1.32. The number of thioether (sulfide) groups is 1. The minimum absolute atomic E-state index is 0.399. The summed E-state index contributed by atoms with van der Waals surface area (Å²) >= 11 is 3.83. The Labute approximate surface area is 99.9 Å². The molecule has 2 rings (SSSR count). The minimum atomic E-state index is 0.399. The lowest BCUT2D eigenvalue weighted by Crippen LogP contribution is -2.40. The number of rotatable bonds is 3. The summed E-state index contributed by atoms with van der Waals surface area (Å²) in [6.45, 7) is 4.54. The molecule has 0 radical (unpaired) electrons. The lowest BCUT2D eigenvalue weighted by atomic mass is 10.1. The van der Waals surface area contributed by atoms with Crippen molar-refractivity contribution in [2.45, 2.75) is 44.0 Å². The summed E-state index contributed by atoms with van der Waals surface area (Å²) < 4.78 is 0. The normalized spacial score (nSPS) is 28.9. The Morgan fingerprint density at radius 3 is 3.13 bits per heavy atom. The van der Waals surface area contributed by atoms with Gasteiger partial charge in [-0.15, -0.1) is 11.3 Å². The van der Waals surface area contributed by atoms with Gasteiger partial charge in [0.2, 0.25) is 0 Å². The quantitative estimate of drug-likeness (QED) is 0.881. The van der Waals surface area contributed by atoms with E-state index in [9.17, 15) is 0 Å². The fourth-order valence-corrected chi connectivity index (χ4v) is 3.79. The predicted molar refractivity (Wildman–Crippen MR) is 68.6 cm³/mol. The van der Waals surface area contributed by atoms with Crippen LogP contribution >= 0.6 is 23.1 Å².